The largest absolute Gasteiger partial charge is 0.461 e. The number of hydrogen-bond donors (Lipinski definition) is 3. The Bertz CT molecular complexity index is 804. The fraction of sp³-hybridized carbons (Fsp3) is 0.333. The second-order valence-electron chi connectivity index (χ2n) is 6.29. The molecular formula is C18H20N2O4. The highest BCUT2D eigenvalue weighted by Crippen LogP contribution is 2.44. The average Bonchev–Trinajstić information content (AvgIpc) is 2.91. The van der Waals surface area contributed by atoms with Crippen molar-refractivity contribution in [2.24, 2.45) is 5.92 Å². The van der Waals surface area contributed by atoms with E-state index in [0.717, 1.165) is 5.56 Å². The number of nitrogens with one attached hydrogen (secondary N) is 2. The number of carbonyl (C=O) groups is 1. The summed E-state index contributed by atoms with van der Waals surface area (Å²) in [6.45, 7) is 5.19. The van der Waals surface area contributed by atoms with Gasteiger partial charge < -0.3 is 14.9 Å². The molecule has 0 saturated carbocycles. The number of aromatic nitrogens is 2. The fourth-order valence-corrected chi connectivity index (χ4v) is 3.51. The van der Waals surface area contributed by atoms with Gasteiger partial charge in [-0.15, -0.1) is 0 Å². The standard InChI is InChI=1S/C18H20N2O4/c1-3-9-24-17(22)15-13(11-7-5-4-6-8-11)14-12(10-18(15,2)23)19-20-16(14)21/h3-8,13,15,23H,1,9-10H2,2H3,(H2,19,20,21)/t13-,15+,18-/m0/s1. The smallest absolute Gasteiger partial charge is 0.313 e. The first kappa shape index (κ1) is 16.3. The number of H-pyrrole nitrogens is 2. The third-order valence-corrected chi connectivity index (χ3v) is 4.50. The molecule has 0 bridgehead atoms. The molecule has 6 nitrogen and oxygen atoms in total. The zero-order chi connectivity index (χ0) is 17.3. The molecule has 3 N–H and O–H groups in total. The van der Waals surface area contributed by atoms with E-state index in [1.165, 1.54) is 6.08 Å². The van der Waals surface area contributed by atoms with Crippen molar-refractivity contribution < 1.29 is 14.6 Å². The maximum absolute atomic E-state index is 12.6. The van der Waals surface area contributed by atoms with Gasteiger partial charge in [-0.3, -0.25) is 14.7 Å². The van der Waals surface area contributed by atoms with Crippen molar-refractivity contribution in [2.45, 2.75) is 24.9 Å². The number of benzene rings is 1. The summed E-state index contributed by atoms with van der Waals surface area (Å²) >= 11 is 0. The van der Waals surface area contributed by atoms with E-state index in [1.807, 2.05) is 30.3 Å². The van der Waals surface area contributed by atoms with Gasteiger partial charge in [0.15, 0.2) is 0 Å². The van der Waals surface area contributed by atoms with Crippen LogP contribution in [0.5, 0.6) is 0 Å². The fourth-order valence-electron chi connectivity index (χ4n) is 3.51. The molecule has 1 aromatic carbocycles. The molecule has 6 heteroatoms. The van der Waals surface area contributed by atoms with Crippen LogP contribution in [0.25, 0.3) is 0 Å². The molecule has 1 aromatic heterocycles. The Labute approximate surface area is 139 Å². The van der Waals surface area contributed by atoms with Crippen molar-refractivity contribution in [2.75, 3.05) is 6.61 Å². The van der Waals surface area contributed by atoms with E-state index in [4.69, 9.17) is 4.74 Å². The predicted octanol–water partition coefficient (Wildman–Crippen LogP) is 1.49. The molecule has 126 valence electrons. The maximum Gasteiger partial charge on any atom is 0.313 e. The molecule has 0 spiro atoms. The number of fused-ring (bicyclic) bond motifs is 1. The first-order valence-corrected chi connectivity index (χ1v) is 7.80. The van der Waals surface area contributed by atoms with E-state index in [2.05, 4.69) is 16.8 Å². The highest BCUT2D eigenvalue weighted by atomic mass is 16.5. The lowest BCUT2D eigenvalue weighted by molar-refractivity contribution is -0.158. The quantitative estimate of drug-likeness (QED) is 0.585. The molecule has 1 aliphatic carbocycles. The molecule has 0 radical (unpaired) electrons. The average molecular weight is 328 g/mol. The first-order valence-electron chi connectivity index (χ1n) is 7.80. The molecule has 0 unspecified atom stereocenters. The van der Waals surface area contributed by atoms with Crippen LogP contribution in [0, 0.1) is 5.92 Å². The van der Waals surface area contributed by atoms with Gasteiger partial charge in [-0.25, -0.2) is 0 Å². The Morgan fingerprint density at radius 3 is 2.79 bits per heavy atom. The molecule has 0 aliphatic heterocycles. The lowest BCUT2D eigenvalue weighted by Gasteiger charge is -2.40. The monoisotopic (exact) mass is 328 g/mol. The molecule has 0 saturated heterocycles. The van der Waals surface area contributed by atoms with Crippen molar-refractivity contribution in [1.82, 2.24) is 10.2 Å². The van der Waals surface area contributed by atoms with Crippen molar-refractivity contribution in [1.29, 1.82) is 0 Å². The molecular weight excluding hydrogens is 308 g/mol. The van der Waals surface area contributed by atoms with Gasteiger partial charge in [0.1, 0.15) is 6.61 Å². The molecule has 2 aromatic rings. The number of rotatable bonds is 4. The summed E-state index contributed by atoms with van der Waals surface area (Å²) in [7, 11) is 0. The first-order chi connectivity index (χ1) is 11.5. The summed E-state index contributed by atoms with van der Waals surface area (Å²) in [5.74, 6) is -2.01. The second-order valence-corrected chi connectivity index (χ2v) is 6.29. The normalized spacial score (nSPS) is 25.8. The highest BCUT2D eigenvalue weighted by molar-refractivity contribution is 5.77. The number of aliphatic hydroxyl groups is 1. The molecule has 0 amide bonds. The van der Waals surface area contributed by atoms with E-state index in [9.17, 15) is 14.7 Å². The zero-order valence-electron chi connectivity index (χ0n) is 13.4. The Balaban J connectivity index is 2.16. The van der Waals surface area contributed by atoms with E-state index in [0.29, 0.717) is 11.3 Å². The van der Waals surface area contributed by atoms with Crippen LogP contribution in [0.15, 0.2) is 47.8 Å². The number of ether oxygens (including phenoxy) is 1. The third kappa shape index (κ3) is 2.69. The van der Waals surface area contributed by atoms with Gasteiger partial charge in [0.25, 0.3) is 5.56 Å². The van der Waals surface area contributed by atoms with E-state index in [-0.39, 0.29) is 18.6 Å². The Hall–Kier alpha value is -2.60. The molecule has 3 rings (SSSR count). The van der Waals surface area contributed by atoms with Crippen LogP contribution in [0.1, 0.15) is 29.7 Å². The van der Waals surface area contributed by atoms with Crippen LogP contribution < -0.4 is 5.56 Å². The maximum atomic E-state index is 12.6. The molecule has 1 heterocycles. The van der Waals surface area contributed by atoms with Crippen molar-refractivity contribution in [3.8, 4) is 0 Å². The molecule has 3 atom stereocenters. The number of esters is 1. The summed E-state index contributed by atoms with van der Waals surface area (Å²) in [5.41, 5.74) is 0.247. The van der Waals surface area contributed by atoms with Crippen LogP contribution in [-0.4, -0.2) is 33.5 Å². The molecule has 1 aliphatic rings. The molecule has 24 heavy (non-hydrogen) atoms. The minimum Gasteiger partial charge on any atom is -0.461 e. The number of carbonyl (C=O) groups excluding carboxylic acids is 1. The Morgan fingerprint density at radius 2 is 2.12 bits per heavy atom. The van der Waals surface area contributed by atoms with Crippen LogP contribution in [0.2, 0.25) is 0 Å². The van der Waals surface area contributed by atoms with Gasteiger partial charge >= 0.3 is 5.97 Å². The summed E-state index contributed by atoms with van der Waals surface area (Å²) in [5, 5.41) is 16.3. The minimum atomic E-state index is -1.35. The van der Waals surface area contributed by atoms with Gasteiger partial charge in [0.2, 0.25) is 0 Å². The van der Waals surface area contributed by atoms with Crippen LogP contribution in [0.4, 0.5) is 0 Å². The van der Waals surface area contributed by atoms with Gasteiger partial charge in [0, 0.05) is 23.6 Å². The van der Waals surface area contributed by atoms with E-state index < -0.39 is 23.4 Å². The van der Waals surface area contributed by atoms with Crippen molar-refractivity contribution >= 4 is 5.97 Å². The summed E-state index contributed by atoms with van der Waals surface area (Å²) in [4.78, 5) is 25.0. The summed E-state index contributed by atoms with van der Waals surface area (Å²) in [6.07, 6.45) is 1.64. The van der Waals surface area contributed by atoms with Crippen LogP contribution in [-0.2, 0) is 16.0 Å². The summed E-state index contributed by atoms with van der Waals surface area (Å²) < 4.78 is 5.21. The number of hydrogen-bond acceptors (Lipinski definition) is 4. The van der Waals surface area contributed by atoms with Crippen LogP contribution >= 0.6 is 0 Å². The summed E-state index contributed by atoms with van der Waals surface area (Å²) in [6, 6.07) is 9.22. The van der Waals surface area contributed by atoms with E-state index >= 15 is 0 Å². The topological polar surface area (TPSA) is 95.2 Å². The lowest BCUT2D eigenvalue weighted by atomic mass is 9.66. The second kappa shape index (κ2) is 6.13. The van der Waals surface area contributed by atoms with Gasteiger partial charge in [-0.05, 0) is 12.5 Å². The third-order valence-electron chi connectivity index (χ3n) is 4.50. The highest BCUT2D eigenvalue weighted by Gasteiger charge is 2.51. The van der Waals surface area contributed by atoms with E-state index in [1.54, 1.807) is 6.92 Å². The zero-order valence-corrected chi connectivity index (χ0v) is 13.4. The minimum absolute atomic E-state index is 0.0588. The van der Waals surface area contributed by atoms with Gasteiger partial charge in [-0.2, -0.15) is 0 Å². The lowest BCUT2D eigenvalue weighted by Crippen LogP contribution is -2.50. The predicted molar refractivity (Wildman–Crippen MR) is 88.7 cm³/mol. The Morgan fingerprint density at radius 1 is 1.42 bits per heavy atom. The van der Waals surface area contributed by atoms with Gasteiger partial charge in [0.05, 0.1) is 11.5 Å². The SMILES string of the molecule is C=CCOC(=O)[C@H]1[C@@H](c2ccccc2)c2c([nH][nH]c2=O)C[C@]1(C)O. The van der Waals surface area contributed by atoms with Gasteiger partial charge in [-0.1, -0.05) is 43.0 Å². The Kier molecular flexibility index (Phi) is 4.15. The molecule has 0 fully saturated rings. The number of aromatic amines is 2. The van der Waals surface area contributed by atoms with Crippen molar-refractivity contribution in [3.63, 3.8) is 0 Å². The van der Waals surface area contributed by atoms with Crippen LogP contribution in [0.3, 0.4) is 0 Å². The van der Waals surface area contributed by atoms with Crippen molar-refractivity contribution in [3.05, 3.63) is 70.2 Å².